The van der Waals surface area contributed by atoms with E-state index < -0.39 is 0 Å². The van der Waals surface area contributed by atoms with Gasteiger partial charge in [0.15, 0.2) is 0 Å². The summed E-state index contributed by atoms with van der Waals surface area (Å²) in [7, 11) is 0. The molecular weight excluding hydrogens is 346 g/mol. The summed E-state index contributed by atoms with van der Waals surface area (Å²) in [5.41, 5.74) is 1.99. The van der Waals surface area contributed by atoms with Gasteiger partial charge in [0.1, 0.15) is 11.3 Å². The Morgan fingerprint density at radius 2 is 2.11 bits per heavy atom. The average Bonchev–Trinajstić information content (AvgIpc) is 3.09. The number of imidazole rings is 1. The molecule has 1 saturated heterocycles. The molecule has 1 aliphatic heterocycles. The van der Waals surface area contributed by atoms with Crippen LogP contribution in [0.25, 0.3) is 11.0 Å². The van der Waals surface area contributed by atoms with E-state index in [-0.39, 0.29) is 12.1 Å². The first-order valence-corrected chi connectivity index (χ1v) is 9.64. The van der Waals surface area contributed by atoms with Crippen molar-refractivity contribution in [2.24, 2.45) is 0 Å². The number of aromatic amines is 1. The van der Waals surface area contributed by atoms with Gasteiger partial charge in [-0.15, -0.1) is 0 Å². The number of para-hydroxylation sites is 1. The molecule has 0 bridgehead atoms. The van der Waals surface area contributed by atoms with Gasteiger partial charge in [0, 0.05) is 12.7 Å². The number of fused-ring (bicyclic) bond motifs is 1. The van der Waals surface area contributed by atoms with Gasteiger partial charge in [-0.1, -0.05) is 6.07 Å². The molecule has 0 spiro atoms. The molecule has 1 aromatic carbocycles. The van der Waals surface area contributed by atoms with Crippen LogP contribution in [0.1, 0.15) is 46.0 Å². The van der Waals surface area contributed by atoms with Crippen molar-refractivity contribution in [2.45, 2.75) is 64.2 Å². The van der Waals surface area contributed by atoms with Crippen LogP contribution in [-0.4, -0.2) is 52.9 Å². The number of nitrogens with zero attached hydrogens (tertiary/aromatic N) is 1. The molecule has 1 amide bonds. The number of rotatable bonds is 4. The van der Waals surface area contributed by atoms with Gasteiger partial charge >= 0.3 is 0 Å². The van der Waals surface area contributed by atoms with Gasteiger partial charge in [-0.3, -0.25) is 4.79 Å². The molecule has 7 heteroatoms. The fourth-order valence-electron chi connectivity index (χ4n) is 2.67. The topological polar surface area (TPSA) is 96.5 Å². The molecule has 27 heavy (non-hydrogen) atoms. The lowest BCUT2D eigenvalue weighted by atomic mass is 9.96. The van der Waals surface area contributed by atoms with Gasteiger partial charge in [0.05, 0.1) is 30.6 Å². The van der Waals surface area contributed by atoms with Crippen molar-refractivity contribution in [2.75, 3.05) is 13.2 Å². The number of hydrogen-bond donors (Lipinski definition) is 3. The van der Waals surface area contributed by atoms with Crippen molar-refractivity contribution < 1.29 is 19.4 Å². The van der Waals surface area contributed by atoms with Crippen LogP contribution in [-0.2, 0) is 9.53 Å². The van der Waals surface area contributed by atoms with E-state index in [0.29, 0.717) is 12.7 Å². The Kier molecular flexibility index (Phi) is 9.07. The number of ether oxygens (including phenoxy) is 2. The first-order valence-electron chi connectivity index (χ1n) is 9.64. The van der Waals surface area contributed by atoms with Crippen LogP contribution >= 0.6 is 0 Å². The first-order chi connectivity index (χ1) is 13.1. The van der Waals surface area contributed by atoms with E-state index in [9.17, 15) is 4.79 Å². The Hall–Kier alpha value is -2.12. The monoisotopic (exact) mass is 377 g/mol. The fraction of sp³-hybridized carbons (Fsp3) is 0.600. The number of nitrogens with one attached hydrogen (secondary N) is 2. The van der Waals surface area contributed by atoms with Crippen LogP contribution < -0.4 is 10.1 Å². The molecule has 2 aromatic rings. The fourth-order valence-corrected chi connectivity index (χ4v) is 2.67. The highest BCUT2D eigenvalue weighted by Gasteiger charge is 2.20. The number of amides is 1. The molecule has 1 aliphatic carbocycles. The summed E-state index contributed by atoms with van der Waals surface area (Å²) in [5.74, 6) is 0.911. The molecule has 0 radical (unpaired) electrons. The van der Waals surface area contributed by atoms with Gasteiger partial charge in [-0.05, 0) is 58.1 Å². The maximum Gasteiger partial charge on any atom is 0.207 e. The van der Waals surface area contributed by atoms with Crippen LogP contribution in [0.5, 0.6) is 5.75 Å². The van der Waals surface area contributed by atoms with E-state index >= 15 is 0 Å². The van der Waals surface area contributed by atoms with Crippen LogP contribution in [0.2, 0.25) is 0 Å². The third-order valence-electron chi connectivity index (χ3n) is 4.22. The lowest BCUT2D eigenvalue weighted by Gasteiger charge is -2.26. The molecule has 1 saturated carbocycles. The number of hydrogen-bond acceptors (Lipinski definition) is 5. The lowest BCUT2D eigenvalue weighted by molar-refractivity contribution is -0.111. The number of aromatic nitrogens is 2. The molecule has 2 heterocycles. The molecule has 2 aliphatic rings. The highest BCUT2D eigenvalue weighted by molar-refractivity contribution is 5.81. The largest absolute Gasteiger partial charge is 0.488 e. The third-order valence-corrected chi connectivity index (χ3v) is 4.22. The molecule has 7 nitrogen and oxygen atoms in total. The van der Waals surface area contributed by atoms with Crippen molar-refractivity contribution in [3.63, 3.8) is 0 Å². The first kappa shape index (κ1) is 21.2. The highest BCUT2D eigenvalue weighted by atomic mass is 16.5. The zero-order valence-corrected chi connectivity index (χ0v) is 16.2. The van der Waals surface area contributed by atoms with Crippen molar-refractivity contribution in [1.29, 1.82) is 0 Å². The average molecular weight is 377 g/mol. The number of H-pyrrole nitrogens is 1. The van der Waals surface area contributed by atoms with Crippen molar-refractivity contribution in [3.8, 4) is 5.75 Å². The minimum absolute atomic E-state index is 0.167. The maximum atomic E-state index is 9.91. The summed E-state index contributed by atoms with van der Waals surface area (Å²) in [6.07, 6.45) is 8.46. The zero-order chi connectivity index (χ0) is 19.5. The quantitative estimate of drug-likeness (QED) is 0.712. The Bertz CT molecular complexity index is 661. The Balaban J connectivity index is 0.000000174. The van der Waals surface area contributed by atoms with Gasteiger partial charge < -0.3 is 24.9 Å². The molecule has 2 fully saturated rings. The minimum atomic E-state index is -0.167. The summed E-state index contributed by atoms with van der Waals surface area (Å²) in [5, 5.41) is 10.7. The van der Waals surface area contributed by atoms with Gasteiger partial charge in [0.25, 0.3) is 0 Å². The van der Waals surface area contributed by atoms with Crippen LogP contribution in [0.3, 0.4) is 0 Å². The predicted octanol–water partition coefficient (Wildman–Crippen LogP) is 2.79. The van der Waals surface area contributed by atoms with Crippen molar-refractivity contribution in [3.05, 3.63) is 24.5 Å². The second kappa shape index (κ2) is 11.6. The van der Waals surface area contributed by atoms with E-state index in [2.05, 4.69) is 15.3 Å². The molecule has 1 unspecified atom stereocenters. The lowest BCUT2D eigenvalue weighted by Crippen LogP contribution is -2.35. The number of benzene rings is 1. The SMILES string of the molecule is CC(C)O.O=CNC1CCCOC1.c1cc(OC2CCC2)c2nc[nH]c2c1. The van der Waals surface area contributed by atoms with Gasteiger partial charge in [-0.2, -0.15) is 0 Å². The summed E-state index contributed by atoms with van der Waals surface area (Å²) in [4.78, 5) is 17.2. The van der Waals surface area contributed by atoms with Crippen LogP contribution in [0, 0.1) is 0 Å². The highest BCUT2D eigenvalue weighted by Crippen LogP contribution is 2.29. The summed E-state index contributed by atoms with van der Waals surface area (Å²) >= 11 is 0. The van der Waals surface area contributed by atoms with E-state index in [1.54, 1.807) is 20.2 Å². The molecule has 1 atom stereocenters. The predicted molar refractivity (Wildman–Crippen MR) is 105 cm³/mol. The Morgan fingerprint density at radius 1 is 1.33 bits per heavy atom. The second-order valence-corrected chi connectivity index (χ2v) is 7.02. The van der Waals surface area contributed by atoms with Gasteiger partial charge in [-0.25, -0.2) is 4.98 Å². The minimum Gasteiger partial charge on any atom is -0.488 e. The molecule has 150 valence electrons. The molecule has 1 aromatic heterocycles. The maximum absolute atomic E-state index is 9.91. The second-order valence-electron chi connectivity index (χ2n) is 7.02. The summed E-state index contributed by atoms with van der Waals surface area (Å²) in [6, 6.07) is 6.25. The van der Waals surface area contributed by atoms with E-state index in [0.717, 1.165) is 42.6 Å². The number of carbonyl (C=O) groups excluding carboxylic acids is 1. The van der Waals surface area contributed by atoms with E-state index in [1.165, 1.54) is 19.3 Å². The van der Waals surface area contributed by atoms with Crippen LogP contribution in [0.4, 0.5) is 0 Å². The molecule has 3 N–H and O–H groups in total. The van der Waals surface area contributed by atoms with Crippen molar-refractivity contribution >= 4 is 17.4 Å². The van der Waals surface area contributed by atoms with Crippen molar-refractivity contribution in [1.82, 2.24) is 15.3 Å². The molecular formula is C20H31N3O4. The van der Waals surface area contributed by atoms with E-state index in [4.69, 9.17) is 14.6 Å². The smallest absolute Gasteiger partial charge is 0.207 e. The zero-order valence-electron chi connectivity index (χ0n) is 16.2. The summed E-state index contributed by atoms with van der Waals surface area (Å²) in [6.45, 7) is 4.97. The Labute approximate surface area is 160 Å². The normalized spacial score (nSPS) is 19.2. The molecule has 4 rings (SSSR count). The van der Waals surface area contributed by atoms with Crippen LogP contribution in [0.15, 0.2) is 24.5 Å². The van der Waals surface area contributed by atoms with Gasteiger partial charge in [0.2, 0.25) is 6.41 Å². The summed E-state index contributed by atoms with van der Waals surface area (Å²) < 4.78 is 11.0. The number of aliphatic hydroxyl groups excluding tert-OH is 1. The Morgan fingerprint density at radius 3 is 2.70 bits per heavy atom. The van der Waals surface area contributed by atoms with E-state index in [1.807, 2.05) is 18.2 Å². The standard InChI is InChI=1S/C11H12N2O.C6H11NO2.C3H8O/c1-3-8(4-1)14-10-6-2-5-9-11(10)13-7-12-9;8-5-7-6-2-1-3-9-4-6;1-3(2)4/h2,5-8H,1,3-4H2,(H,12,13);5-6H,1-4H2,(H,7,8);3-4H,1-2H3. The number of aliphatic hydroxyl groups is 1. The third kappa shape index (κ3) is 7.56. The number of carbonyl (C=O) groups is 1.